The number of hydrogen-bond acceptors (Lipinski definition) is 3. The highest BCUT2D eigenvalue weighted by atomic mass is 19.1. The van der Waals surface area contributed by atoms with Crippen molar-refractivity contribution in [2.24, 2.45) is 5.92 Å². The van der Waals surface area contributed by atoms with Gasteiger partial charge in [0.05, 0.1) is 6.54 Å². The molecule has 0 bridgehead atoms. The number of likely N-dealkylation sites (tertiary alicyclic amines) is 1. The molecule has 6 heteroatoms. The van der Waals surface area contributed by atoms with E-state index < -0.39 is 6.09 Å². The quantitative estimate of drug-likeness (QED) is 0.831. The molecule has 1 aromatic carbocycles. The molecular weight excluding hydrogens is 311 g/mol. The Morgan fingerprint density at radius 1 is 1.33 bits per heavy atom. The second-order valence-corrected chi connectivity index (χ2v) is 6.55. The topological polar surface area (TPSA) is 49.9 Å². The number of piperidine rings is 1. The largest absolute Gasteiger partial charge is 0.448 e. The smallest absolute Gasteiger partial charge is 0.410 e. The number of rotatable bonds is 5. The van der Waals surface area contributed by atoms with Gasteiger partial charge in [-0.3, -0.25) is 9.69 Å². The summed E-state index contributed by atoms with van der Waals surface area (Å²) < 4.78 is 18.1. The van der Waals surface area contributed by atoms with E-state index in [2.05, 4.69) is 0 Å². The molecule has 24 heavy (non-hydrogen) atoms. The van der Waals surface area contributed by atoms with Crippen LogP contribution in [0, 0.1) is 11.7 Å². The molecule has 0 radical (unpaired) electrons. The molecule has 0 spiro atoms. The van der Waals surface area contributed by atoms with E-state index >= 15 is 0 Å². The zero-order chi connectivity index (χ0) is 16.9. The molecule has 0 aromatic heterocycles. The van der Waals surface area contributed by atoms with E-state index in [1.54, 1.807) is 12.1 Å². The number of nitrogens with zero attached hydrogens (tertiary/aromatic N) is 2. The van der Waals surface area contributed by atoms with Crippen LogP contribution < -0.4 is 0 Å². The summed E-state index contributed by atoms with van der Waals surface area (Å²) in [5.74, 6) is 0.214. The molecule has 0 N–H and O–H groups in total. The molecule has 1 atom stereocenters. The lowest BCUT2D eigenvalue weighted by molar-refractivity contribution is -0.133. The Kier molecular flexibility index (Phi) is 5.33. The number of amides is 2. The Bertz CT molecular complexity index is 608. The van der Waals surface area contributed by atoms with Gasteiger partial charge >= 0.3 is 6.09 Å². The van der Waals surface area contributed by atoms with Crippen molar-refractivity contribution < 1.29 is 18.7 Å². The number of benzene rings is 1. The number of carbonyl (C=O) groups excluding carboxylic acids is 2. The fourth-order valence-corrected chi connectivity index (χ4v) is 3.42. The van der Waals surface area contributed by atoms with E-state index in [0.29, 0.717) is 19.1 Å². The minimum atomic E-state index is -0.400. The van der Waals surface area contributed by atoms with Crippen LogP contribution in [0.4, 0.5) is 9.18 Å². The summed E-state index contributed by atoms with van der Waals surface area (Å²) in [6, 6.07) is 6.70. The average Bonchev–Trinajstić information content (AvgIpc) is 2.98. The molecule has 0 saturated carbocycles. The molecule has 0 aliphatic carbocycles. The average molecular weight is 334 g/mol. The Balaban J connectivity index is 1.48. The molecule has 3 rings (SSSR count). The lowest BCUT2D eigenvalue weighted by atomic mass is 9.91. The summed E-state index contributed by atoms with van der Waals surface area (Å²) in [5, 5.41) is 0. The molecule has 2 heterocycles. The second-order valence-electron chi connectivity index (χ2n) is 6.55. The summed E-state index contributed by atoms with van der Waals surface area (Å²) in [6.45, 7) is 2.43. The maximum Gasteiger partial charge on any atom is 0.410 e. The van der Waals surface area contributed by atoms with Gasteiger partial charge in [0.25, 0.3) is 0 Å². The maximum atomic E-state index is 13.2. The van der Waals surface area contributed by atoms with Crippen molar-refractivity contribution in [3.05, 3.63) is 35.6 Å². The van der Waals surface area contributed by atoms with Crippen LogP contribution in [-0.2, 0) is 16.0 Å². The molecule has 2 aliphatic heterocycles. The van der Waals surface area contributed by atoms with Crippen LogP contribution in [0.1, 0.15) is 24.8 Å². The first-order valence-corrected chi connectivity index (χ1v) is 8.56. The van der Waals surface area contributed by atoms with Crippen LogP contribution >= 0.6 is 0 Å². The minimum Gasteiger partial charge on any atom is -0.448 e. The fraction of sp³-hybridized carbons (Fsp3) is 0.556. The van der Waals surface area contributed by atoms with Gasteiger partial charge in [-0.2, -0.15) is 0 Å². The van der Waals surface area contributed by atoms with E-state index in [4.69, 9.17) is 4.74 Å². The standard InChI is InChI=1S/C18H23FN2O3/c19-16-5-1-3-14(11-16)6-7-15-4-2-8-20(12-15)17(22)13-21-9-10-24-18(21)23/h1,3,5,11,15H,2,4,6-10,12-13H2/t15-/m1/s1. The molecule has 5 nitrogen and oxygen atoms in total. The fourth-order valence-electron chi connectivity index (χ4n) is 3.42. The van der Waals surface area contributed by atoms with E-state index in [1.807, 2.05) is 11.0 Å². The van der Waals surface area contributed by atoms with Gasteiger partial charge in [0.1, 0.15) is 19.0 Å². The number of hydrogen-bond donors (Lipinski definition) is 0. The van der Waals surface area contributed by atoms with Gasteiger partial charge in [-0.25, -0.2) is 9.18 Å². The third-order valence-electron chi connectivity index (χ3n) is 4.77. The third kappa shape index (κ3) is 4.24. The molecule has 2 saturated heterocycles. The number of cyclic esters (lactones) is 1. The third-order valence-corrected chi connectivity index (χ3v) is 4.77. The zero-order valence-electron chi connectivity index (χ0n) is 13.7. The van der Waals surface area contributed by atoms with Crippen molar-refractivity contribution in [2.45, 2.75) is 25.7 Å². The molecule has 1 aromatic rings. The Hall–Kier alpha value is -2.11. The lowest BCUT2D eigenvalue weighted by Gasteiger charge is -2.33. The first-order valence-electron chi connectivity index (χ1n) is 8.56. The molecule has 2 aliphatic rings. The summed E-state index contributed by atoms with van der Waals surface area (Å²) in [7, 11) is 0. The van der Waals surface area contributed by atoms with Crippen LogP contribution in [0.3, 0.4) is 0 Å². The summed E-state index contributed by atoms with van der Waals surface area (Å²) in [5.41, 5.74) is 0.998. The van der Waals surface area contributed by atoms with E-state index in [0.717, 1.165) is 44.3 Å². The predicted molar refractivity (Wildman–Crippen MR) is 86.9 cm³/mol. The molecule has 0 unspecified atom stereocenters. The lowest BCUT2D eigenvalue weighted by Crippen LogP contribution is -2.45. The molecule has 2 fully saturated rings. The van der Waals surface area contributed by atoms with Crippen LogP contribution in [0.2, 0.25) is 0 Å². The molecule has 2 amide bonds. The number of carbonyl (C=O) groups is 2. The van der Waals surface area contributed by atoms with Gasteiger partial charge in [-0.05, 0) is 49.3 Å². The Morgan fingerprint density at radius 2 is 2.21 bits per heavy atom. The number of aryl methyl sites for hydroxylation is 1. The summed E-state index contributed by atoms with van der Waals surface area (Å²) >= 11 is 0. The zero-order valence-corrected chi connectivity index (χ0v) is 13.7. The highest BCUT2D eigenvalue weighted by molar-refractivity contribution is 5.83. The van der Waals surface area contributed by atoms with Crippen molar-refractivity contribution >= 4 is 12.0 Å². The monoisotopic (exact) mass is 334 g/mol. The van der Waals surface area contributed by atoms with Crippen molar-refractivity contribution in [3.63, 3.8) is 0 Å². The van der Waals surface area contributed by atoms with Gasteiger partial charge in [0, 0.05) is 13.1 Å². The SMILES string of the molecule is O=C(CN1CCOC1=O)N1CCC[C@H](CCc2cccc(F)c2)C1. The van der Waals surface area contributed by atoms with E-state index in [-0.39, 0.29) is 18.3 Å². The highest BCUT2D eigenvalue weighted by Crippen LogP contribution is 2.22. The molecular formula is C18H23FN2O3. The van der Waals surface area contributed by atoms with Crippen molar-refractivity contribution in [1.29, 1.82) is 0 Å². The first kappa shape index (κ1) is 16.7. The van der Waals surface area contributed by atoms with Gasteiger partial charge in [0.15, 0.2) is 0 Å². The Labute approximate surface area is 141 Å². The predicted octanol–water partition coefficient (Wildman–Crippen LogP) is 2.45. The van der Waals surface area contributed by atoms with Crippen molar-refractivity contribution in [2.75, 3.05) is 32.8 Å². The van der Waals surface area contributed by atoms with Crippen LogP contribution in [0.5, 0.6) is 0 Å². The van der Waals surface area contributed by atoms with Crippen LogP contribution in [0.15, 0.2) is 24.3 Å². The maximum absolute atomic E-state index is 13.2. The minimum absolute atomic E-state index is 0.00990. The molecule has 130 valence electrons. The normalized spacial score (nSPS) is 21.0. The Morgan fingerprint density at radius 3 is 2.96 bits per heavy atom. The van der Waals surface area contributed by atoms with Gasteiger partial charge in [0.2, 0.25) is 5.91 Å². The summed E-state index contributed by atoms with van der Waals surface area (Å²) in [4.78, 5) is 27.1. The summed E-state index contributed by atoms with van der Waals surface area (Å²) in [6.07, 6.45) is 3.43. The second kappa shape index (κ2) is 7.64. The van der Waals surface area contributed by atoms with Gasteiger partial charge < -0.3 is 9.64 Å². The van der Waals surface area contributed by atoms with Crippen molar-refractivity contribution in [1.82, 2.24) is 9.80 Å². The number of ether oxygens (including phenoxy) is 1. The van der Waals surface area contributed by atoms with Gasteiger partial charge in [-0.1, -0.05) is 12.1 Å². The number of halogens is 1. The van der Waals surface area contributed by atoms with Crippen LogP contribution in [0.25, 0.3) is 0 Å². The first-order chi connectivity index (χ1) is 11.6. The van der Waals surface area contributed by atoms with E-state index in [9.17, 15) is 14.0 Å². The van der Waals surface area contributed by atoms with Gasteiger partial charge in [-0.15, -0.1) is 0 Å². The highest BCUT2D eigenvalue weighted by Gasteiger charge is 2.29. The van der Waals surface area contributed by atoms with E-state index in [1.165, 1.54) is 11.0 Å². The van der Waals surface area contributed by atoms with Crippen LogP contribution in [-0.4, -0.2) is 54.6 Å². The van der Waals surface area contributed by atoms with Crippen molar-refractivity contribution in [3.8, 4) is 0 Å².